The molecule has 8 nitrogen and oxygen atoms in total. The van der Waals surface area contributed by atoms with E-state index in [4.69, 9.17) is 15.2 Å². The number of nitrogen functional groups attached to an aromatic ring is 1. The average molecular weight is 397 g/mol. The first-order chi connectivity index (χ1) is 14.0. The lowest BCUT2D eigenvalue weighted by Crippen LogP contribution is -2.14. The van der Waals surface area contributed by atoms with Crippen molar-refractivity contribution in [3.05, 3.63) is 60.5 Å². The Balaban J connectivity index is 1.70. The number of nitrogens with two attached hydrogens (primary N) is 1. The van der Waals surface area contributed by atoms with E-state index in [1.54, 1.807) is 55.5 Å². The second-order valence-electron chi connectivity index (χ2n) is 5.89. The Morgan fingerprint density at radius 2 is 1.90 bits per heavy atom. The van der Waals surface area contributed by atoms with E-state index >= 15 is 0 Å². The smallest absolute Gasteiger partial charge is 0.344 e. The van der Waals surface area contributed by atoms with Gasteiger partial charge in [0.2, 0.25) is 5.95 Å². The molecule has 3 rings (SSSR count). The molecule has 0 bridgehead atoms. The van der Waals surface area contributed by atoms with E-state index in [0.717, 1.165) is 6.20 Å². The van der Waals surface area contributed by atoms with Gasteiger partial charge in [-0.25, -0.2) is 14.2 Å². The molecule has 150 valence electrons. The number of nitrogens with zero attached hydrogens (tertiary/aromatic N) is 2. The number of hydrogen-bond donors (Lipinski definition) is 3. The highest BCUT2D eigenvalue weighted by atomic mass is 19.1. The predicted molar refractivity (Wildman–Crippen MR) is 108 cm³/mol. The van der Waals surface area contributed by atoms with Gasteiger partial charge in [0.15, 0.2) is 18.2 Å². The molecule has 1 heterocycles. The second kappa shape index (κ2) is 9.36. The molecule has 0 atom stereocenters. The number of benzene rings is 2. The molecule has 0 radical (unpaired) electrons. The molecule has 1 aromatic heterocycles. The maximum atomic E-state index is 14.1. The number of nitrogens with one attached hydrogen (secondary N) is 2. The van der Waals surface area contributed by atoms with Crippen LogP contribution in [0.5, 0.6) is 5.75 Å². The molecule has 0 amide bonds. The summed E-state index contributed by atoms with van der Waals surface area (Å²) >= 11 is 0. The molecule has 9 heteroatoms. The minimum Gasteiger partial charge on any atom is -0.482 e. The van der Waals surface area contributed by atoms with Gasteiger partial charge in [-0.1, -0.05) is 12.1 Å². The molecular formula is C20H20FN5O3. The summed E-state index contributed by atoms with van der Waals surface area (Å²) in [6.07, 6.45) is 1.06. The number of halogens is 1. The number of carbonyl (C=O) groups excluding carboxylic acids is 1. The largest absolute Gasteiger partial charge is 0.482 e. The molecule has 0 aliphatic rings. The highest BCUT2D eigenvalue weighted by molar-refractivity contribution is 5.71. The summed E-state index contributed by atoms with van der Waals surface area (Å²) in [5.74, 6) is -0.416. The number of carbonyl (C=O) groups is 1. The Morgan fingerprint density at radius 3 is 2.66 bits per heavy atom. The predicted octanol–water partition coefficient (Wildman–Crippen LogP) is 3.63. The maximum Gasteiger partial charge on any atom is 0.344 e. The molecule has 0 saturated heterocycles. The Morgan fingerprint density at radius 1 is 1.14 bits per heavy atom. The number of aromatic nitrogens is 2. The van der Waals surface area contributed by atoms with Crippen LogP contribution in [0, 0.1) is 5.82 Å². The van der Waals surface area contributed by atoms with Gasteiger partial charge in [-0.05, 0) is 37.3 Å². The number of hydrogen-bond acceptors (Lipinski definition) is 8. The Kier molecular flexibility index (Phi) is 6.41. The van der Waals surface area contributed by atoms with Crippen molar-refractivity contribution < 1.29 is 18.7 Å². The molecule has 0 unspecified atom stereocenters. The number of esters is 1. The Hall–Kier alpha value is -3.88. The van der Waals surface area contributed by atoms with Crippen LogP contribution in [0.4, 0.5) is 33.2 Å². The van der Waals surface area contributed by atoms with Crippen molar-refractivity contribution in [1.82, 2.24) is 9.97 Å². The monoisotopic (exact) mass is 397 g/mol. The van der Waals surface area contributed by atoms with Gasteiger partial charge in [0.25, 0.3) is 0 Å². The summed E-state index contributed by atoms with van der Waals surface area (Å²) < 4.78 is 24.3. The molecule has 2 aromatic carbocycles. The van der Waals surface area contributed by atoms with Gasteiger partial charge in [-0.2, -0.15) is 4.98 Å². The minimum absolute atomic E-state index is 0.00261. The zero-order valence-electron chi connectivity index (χ0n) is 15.7. The molecule has 0 aliphatic heterocycles. The summed E-state index contributed by atoms with van der Waals surface area (Å²) in [6, 6.07) is 13.7. The molecule has 3 aromatic rings. The van der Waals surface area contributed by atoms with E-state index in [1.165, 1.54) is 0 Å². The fourth-order valence-corrected chi connectivity index (χ4v) is 2.41. The molecule has 0 spiro atoms. The summed E-state index contributed by atoms with van der Waals surface area (Å²) in [5.41, 5.74) is 7.49. The average Bonchev–Trinajstić information content (AvgIpc) is 2.70. The maximum absolute atomic E-state index is 14.1. The van der Waals surface area contributed by atoms with Gasteiger partial charge in [-0.15, -0.1) is 0 Å². The van der Waals surface area contributed by atoms with Crippen LogP contribution in [-0.2, 0) is 9.53 Å². The van der Waals surface area contributed by atoms with Crippen molar-refractivity contribution >= 4 is 34.8 Å². The van der Waals surface area contributed by atoms with Crippen molar-refractivity contribution in [2.75, 3.05) is 29.6 Å². The van der Waals surface area contributed by atoms with Crippen molar-refractivity contribution in [3.8, 4) is 5.75 Å². The van der Waals surface area contributed by atoms with Crippen LogP contribution >= 0.6 is 0 Å². The SMILES string of the molecule is CCOC(=O)COc1cccc(Nc2ncc(F)c(Nc3cccc(N)c3)n2)c1. The molecule has 0 saturated carbocycles. The van der Waals surface area contributed by atoms with Gasteiger partial charge in [0, 0.05) is 23.1 Å². The molecule has 0 fully saturated rings. The highest BCUT2D eigenvalue weighted by Crippen LogP contribution is 2.23. The number of rotatable bonds is 8. The van der Waals surface area contributed by atoms with E-state index in [2.05, 4.69) is 20.6 Å². The van der Waals surface area contributed by atoms with Crippen LogP contribution in [0.3, 0.4) is 0 Å². The third-order valence-electron chi connectivity index (χ3n) is 3.65. The Bertz CT molecular complexity index is 999. The van der Waals surface area contributed by atoms with Crippen LogP contribution < -0.4 is 21.1 Å². The molecule has 0 aliphatic carbocycles. The van der Waals surface area contributed by atoms with Gasteiger partial charge in [0.1, 0.15) is 5.75 Å². The fourth-order valence-electron chi connectivity index (χ4n) is 2.41. The number of ether oxygens (including phenoxy) is 2. The lowest BCUT2D eigenvalue weighted by Gasteiger charge is -2.11. The summed E-state index contributed by atoms with van der Waals surface area (Å²) in [6.45, 7) is 1.82. The topological polar surface area (TPSA) is 111 Å². The van der Waals surface area contributed by atoms with Gasteiger partial charge >= 0.3 is 5.97 Å². The van der Waals surface area contributed by atoms with Gasteiger partial charge in [-0.3, -0.25) is 0 Å². The summed E-state index contributed by atoms with van der Waals surface area (Å²) in [7, 11) is 0. The van der Waals surface area contributed by atoms with Crippen LogP contribution in [0.15, 0.2) is 54.7 Å². The minimum atomic E-state index is -0.607. The van der Waals surface area contributed by atoms with Crippen LogP contribution in [0.2, 0.25) is 0 Å². The standard InChI is InChI=1S/C20H20FN5O3/c1-2-28-18(27)12-29-16-8-4-7-15(10-16)25-20-23-11-17(21)19(26-20)24-14-6-3-5-13(22)9-14/h3-11H,2,12,22H2,1H3,(H2,23,24,25,26). The molecular weight excluding hydrogens is 377 g/mol. The molecule has 29 heavy (non-hydrogen) atoms. The van der Waals surface area contributed by atoms with Crippen LogP contribution in [0.25, 0.3) is 0 Å². The Labute approximate surface area is 166 Å². The fraction of sp³-hybridized carbons (Fsp3) is 0.150. The van der Waals surface area contributed by atoms with E-state index in [9.17, 15) is 9.18 Å². The van der Waals surface area contributed by atoms with E-state index in [-0.39, 0.29) is 25.0 Å². The third kappa shape index (κ3) is 5.80. The van der Waals surface area contributed by atoms with Crippen molar-refractivity contribution in [3.63, 3.8) is 0 Å². The second-order valence-corrected chi connectivity index (χ2v) is 5.89. The summed E-state index contributed by atoms with van der Waals surface area (Å²) in [5, 5.41) is 5.85. The summed E-state index contributed by atoms with van der Waals surface area (Å²) in [4.78, 5) is 19.5. The first-order valence-electron chi connectivity index (χ1n) is 8.84. The normalized spacial score (nSPS) is 10.3. The van der Waals surface area contributed by atoms with Crippen LogP contribution in [-0.4, -0.2) is 29.2 Å². The molecule has 4 N–H and O–H groups in total. The zero-order valence-corrected chi connectivity index (χ0v) is 15.7. The lowest BCUT2D eigenvalue weighted by molar-refractivity contribution is -0.145. The quantitative estimate of drug-likeness (QED) is 0.390. The van der Waals surface area contributed by atoms with Crippen LogP contribution in [0.1, 0.15) is 6.92 Å². The lowest BCUT2D eigenvalue weighted by atomic mass is 10.3. The first-order valence-corrected chi connectivity index (χ1v) is 8.84. The third-order valence-corrected chi connectivity index (χ3v) is 3.65. The van der Waals surface area contributed by atoms with Crippen molar-refractivity contribution in [2.45, 2.75) is 6.92 Å². The van der Waals surface area contributed by atoms with E-state index in [1.807, 2.05) is 0 Å². The van der Waals surface area contributed by atoms with E-state index < -0.39 is 11.8 Å². The zero-order chi connectivity index (χ0) is 20.6. The first kappa shape index (κ1) is 19.9. The van der Waals surface area contributed by atoms with Crippen molar-refractivity contribution in [1.29, 1.82) is 0 Å². The van der Waals surface area contributed by atoms with Gasteiger partial charge in [0.05, 0.1) is 12.8 Å². The van der Waals surface area contributed by atoms with Crippen molar-refractivity contribution in [2.24, 2.45) is 0 Å². The van der Waals surface area contributed by atoms with E-state index in [0.29, 0.717) is 22.8 Å². The van der Waals surface area contributed by atoms with Gasteiger partial charge < -0.3 is 25.8 Å². The number of anilines is 5. The highest BCUT2D eigenvalue weighted by Gasteiger charge is 2.09.